The van der Waals surface area contributed by atoms with Crippen LogP contribution in [0.3, 0.4) is 0 Å². The summed E-state index contributed by atoms with van der Waals surface area (Å²) in [7, 11) is 0. The second-order valence-corrected chi connectivity index (χ2v) is 7.07. The Hall–Kier alpha value is -1.03. The molecule has 3 atom stereocenters. The molecule has 2 N–H and O–H groups in total. The van der Waals surface area contributed by atoms with Crippen molar-refractivity contribution in [2.75, 3.05) is 12.3 Å². The van der Waals surface area contributed by atoms with Crippen LogP contribution in [0, 0.1) is 11.8 Å². The summed E-state index contributed by atoms with van der Waals surface area (Å²) < 4.78 is 5.31. The number of nitrogens with one attached hydrogen (secondary N) is 2. The summed E-state index contributed by atoms with van der Waals surface area (Å²) in [5, 5.41) is 6.97. The van der Waals surface area contributed by atoms with Gasteiger partial charge in [0.15, 0.2) is 0 Å². The Bertz CT molecular complexity index is 432. The van der Waals surface area contributed by atoms with Crippen molar-refractivity contribution in [2.24, 2.45) is 11.8 Å². The van der Waals surface area contributed by atoms with Crippen LogP contribution in [-0.4, -0.2) is 18.3 Å². The largest absolute Gasteiger partial charge is 0.468 e. The van der Waals surface area contributed by atoms with Crippen LogP contribution in [0.2, 0.25) is 0 Å². The van der Waals surface area contributed by atoms with E-state index in [1.165, 1.54) is 25.7 Å². The molecule has 2 aliphatic carbocycles. The molecule has 1 aromatic rings. The summed E-state index contributed by atoms with van der Waals surface area (Å²) >= 11 is 1.88. The highest BCUT2D eigenvalue weighted by Gasteiger charge is 2.39. The summed E-state index contributed by atoms with van der Waals surface area (Å²) in [4.78, 5) is 0. The summed E-state index contributed by atoms with van der Waals surface area (Å²) in [6.07, 6.45) is 7.37. The Morgan fingerprint density at radius 2 is 2.35 bits per heavy atom. The van der Waals surface area contributed by atoms with Crippen LogP contribution >= 0.6 is 11.8 Å². The van der Waals surface area contributed by atoms with Crippen LogP contribution in [0.15, 0.2) is 35.2 Å². The van der Waals surface area contributed by atoms with Crippen LogP contribution in [0.25, 0.3) is 0 Å². The van der Waals surface area contributed by atoms with Gasteiger partial charge in [-0.05, 0) is 43.2 Å². The molecule has 4 heteroatoms. The van der Waals surface area contributed by atoms with E-state index in [9.17, 15) is 0 Å². The SMILES string of the molecule is C=C(NCCSCc1ccco1)NC1CC2CCC1C2. The van der Waals surface area contributed by atoms with E-state index in [4.69, 9.17) is 4.42 Å². The van der Waals surface area contributed by atoms with E-state index in [0.29, 0.717) is 6.04 Å². The first-order valence-electron chi connectivity index (χ1n) is 7.60. The highest BCUT2D eigenvalue weighted by molar-refractivity contribution is 7.98. The molecule has 20 heavy (non-hydrogen) atoms. The van der Waals surface area contributed by atoms with Gasteiger partial charge in [-0.3, -0.25) is 0 Å². The molecule has 3 nitrogen and oxygen atoms in total. The first-order valence-corrected chi connectivity index (χ1v) is 8.76. The van der Waals surface area contributed by atoms with Crippen molar-refractivity contribution in [3.8, 4) is 0 Å². The molecule has 1 aromatic heterocycles. The molecule has 3 unspecified atom stereocenters. The van der Waals surface area contributed by atoms with Gasteiger partial charge in [-0.15, -0.1) is 0 Å². The molecule has 0 spiro atoms. The maximum absolute atomic E-state index is 5.31. The standard InChI is InChI=1S/C16H24N2OS/c1-12(18-16-10-13-4-5-14(16)9-13)17-6-8-20-11-15-3-2-7-19-15/h2-3,7,13-14,16-18H,1,4-6,8-11H2. The number of thioether (sulfide) groups is 1. The van der Waals surface area contributed by atoms with E-state index in [1.807, 2.05) is 23.9 Å². The Balaban J connectivity index is 1.26. The van der Waals surface area contributed by atoms with Gasteiger partial charge in [0.1, 0.15) is 5.76 Å². The average Bonchev–Trinajstić information content (AvgIpc) is 3.15. The highest BCUT2D eigenvalue weighted by Crippen LogP contribution is 2.44. The Labute approximate surface area is 125 Å². The molecule has 2 bridgehead atoms. The molecule has 110 valence electrons. The lowest BCUT2D eigenvalue weighted by atomic mass is 9.95. The van der Waals surface area contributed by atoms with Crippen molar-refractivity contribution in [1.29, 1.82) is 0 Å². The molecular weight excluding hydrogens is 268 g/mol. The fourth-order valence-electron chi connectivity index (χ4n) is 3.54. The Kier molecular flexibility index (Phi) is 4.61. The minimum atomic E-state index is 0.671. The van der Waals surface area contributed by atoms with Gasteiger partial charge in [0, 0.05) is 18.3 Å². The number of hydrogen-bond donors (Lipinski definition) is 2. The number of rotatable bonds is 8. The molecular formula is C16H24N2OS. The predicted molar refractivity (Wildman–Crippen MR) is 84.4 cm³/mol. The third-order valence-corrected chi connectivity index (χ3v) is 5.49. The van der Waals surface area contributed by atoms with Crippen molar-refractivity contribution < 1.29 is 4.42 Å². The molecule has 0 amide bonds. The fraction of sp³-hybridized carbons (Fsp3) is 0.625. The molecule has 0 aromatic carbocycles. The van der Waals surface area contributed by atoms with Gasteiger partial charge in [0.2, 0.25) is 0 Å². The predicted octanol–water partition coefficient (Wildman–Crippen LogP) is 3.35. The van der Waals surface area contributed by atoms with E-state index in [1.54, 1.807) is 6.26 Å². The number of hydrogen-bond acceptors (Lipinski definition) is 4. The van der Waals surface area contributed by atoms with E-state index in [0.717, 1.165) is 41.5 Å². The van der Waals surface area contributed by atoms with Gasteiger partial charge in [0.25, 0.3) is 0 Å². The van der Waals surface area contributed by atoms with Crippen molar-refractivity contribution in [1.82, 2.24) is 10.6 Å². The van der Waals surface area contributed by atoms with Gasteiger partial charge < -0.3 is 15.1 Å². The van der Waals surface area contributed by atoms with Crippen molar-refractivity contribution >= 4 is 11.8 Å². The summed E-state index contributed by atoms with van der Waals surface area (Å²) in [5.41, 5.74) is 0. The quantitative estimate of drug-likeness (QED) is 0.721. The monoisotopic (exact) mass is 292 g/mol. The zero-order valence-electron chi connectivity index (χ0n) is 11.9. The van der Waals surface area contributed by atoms with Crippen LogP contribution in [0.1, 0.15) is 31.4 Å². The Morgan fingerprint density at radius 3 is 3.05 bits per heavy atom. The molecule has 0 radical (unpaired) electrons. The van der Waals surface area contributed by atoms with Gasteiger partial charge in [0.05, 0.1) is 17.8 Å². The van der Waals surface area contributed by atoms with Gasteiger partial charge in [-0.1, -0.05) is 13.0 Å². The van der Waals surface area contributed by atoms with Crippen LogP contribution in [-0.2, 0) is 5.75 Å². The molecule has 0 aliphatic heterocycles. The van der Waals surface area contributed by atoms with Gasteiger partial charge in [-0.25, -0.2) is 0 Å². The van der Waals surface area contributed by atoms with Gasteiger partial charge >= 0.3 is 0 Å². The van der Waals surface area contributed by atoms with Crippen molar-refractivity contribution in [3.63, 3.8) is 0 Å². The van der Waals surface area contributed by atoms with E-state index in [2.05, 4.69) is 17.2 Å². The van der Waals surface area contributed by atoms with E-state index < -0.39 is 0 Å². The summed E-state index contributed by atoms with van der Waals surface area (Å²) in [6, 6.07) is 4.63. The maximum atomic E-state index is 5.31. The van der Waals surface area contributed by atoms with Crippen LogP contribution < -0.4 is 10.6 Å². The maximum Gasteiger partial charge on any atom is 0.113 e. The second kappa shape index (κ2) is 6.61. The summed E-state index contributed by atoms with van der Waals surface area (Å²) in [6.45, 7) is 5.06. The lowest BCUT2D eigenvalue weighted by Crippen LogP contribution is -2.38. The lowest BCUT2D eigenvalue weighted by molar-refractivity contribution is 0.367. The third-order valence-electron chi connectivity index (χ3n) is 4.51. The fourth-order valence-corrected chi connectivity index (χ4v) is 4.29. The van der Waals surface area contributed by atoms with Crippen molar-refractivity contribution in [3.05, 3.63) is 36.6 Å². The summed E-state index contributed by atoms with van der Waals surface area (Å²) in [5.74, 6) is 5.94. The first kappa shape index (κ1) is 13.9. The third kappa shape index (κ3) is 3.54. The van der Waals surface area contributed by atoms with Crippen LogP contribution in [0.4, 0.5) is 0 Å². The number of furan rings is 1. The molecule has 2 saturated carbocycles. The normalized spacial score (nSPS) is 27.7. The van der Waals surface area contributed by atoms with E-state index >= 15 is 0 Å². The minimum absolute atomic E-state index is 0.671. The van der Waals surface area contributed by atoms with Gasteiger partial charge in [-0.2, -0.15) is 11.8 Å². The molecule has 1 heterocycles. The Morgan fingerprint density at radius 1 is 1.40 bits per heavy atom. The van der Waals surface area contributed by atoms with E-state index in [-0.39, 0.29) is 0 Å². The zero-order chi connectivity index (χ0) is 13.8. The molecule has 2 aliphatic rings. The number of fused-ring (bicyclic) bond motifs is 2. The lowest BCUT2D eigenvalue weighted by Gasteiger charge is -2.25. The molecule has 3 rings (SSSR count). The smallest absolute Gasteiger partial charge is 0.113 e. The van der Waals surface area contributed by atoms with Crippen molar-refractivity contribution in [2.45, 2.75) is 37.5 Å². The minimum Gasteiger partial charge on any atom is -0.468 e. The molecule has 0 saturated heterocycles. The molecule has 2 fully saturated rings. The second-order valence-electron chi connectivity index (χ2n) is 5.96. The topological polar surface area (TPSA) is 37.2 Å². The average molecular weight is 292 g/mol. The highest BCUT2D eigenvalue weighted by atomic mass is 32.2. The first-order chi connectivity index (χ1) is 9.81. The zero-order valence-corrected chi connectivity index (χ0v) is 12.8. The van der Waals surface area contributed by atoms with Crippen LogP contribution in [0.5, 0.6) is 0 Å².